The average Bonchev–Trinajstić information content (AvgIpc) is 2.51. The average molecular weight is 280 g/mol. The first kappa shape index (κ1) is 13.5. The van der Waals surface area contributed by atoms with E-state index >= 15 is 0 Å². The Morgan fingerprint density at radius 2 is 1.76 bits per heavy atom. The maximum atomic E-state index is 12.4. The van der Waals surface area contributed by atoms with Crippen molar-refractivity contribution in [2.45, 2.75) is 6.54 Å². The molecule has 0 radical (unpaired) electrons. The third-order valence-corrected chi connectivity index (χ3v) is 3.36. The number of fused-ring (bicyclic) bond motifs is 1. The molecule has 2 aromatic carbocycles. The molecule has 1 heterocycles. The highest BCUT2D eigenvalue weighted by molar-refractivity contribution is 6.58. The molecule has 5 nitrogen and oxygen atoms in total. The quantitative estimate of drug-likeness (QED) is 0.668. The monoisotopic (exact) mass is 280 g/mol. The Balaban J connectivity index is 1.94. The van der Waals surface area contributed by atoms with Gasteiger partial charge in [0.2, 0.25) is 0 Å². The zero-order valence-corrected chi connectivity index (χ0v) is 11.2. The Kier molecular flexibility index (Phi) is 3.56. The molecule has 0 aliphatic rings. The van der Waals surface area contributed by atoms with Crippen LogP contribution in [0.3, 0.4) is 0 Å². The van der Waals surface area contributed by atoms with E-state index in [4.69, 9.17) is 10.0 Å². The third kappa shape index (κ3) is 2.72. The number of nitrogens with zero attached hydrogens (tertiary/aromatic N) is 2. The van der Waals surface area contributed by atoms with Crippen molar-refractivity contribution in [2.75, 3.05) is 0 Å². The summed E-state index contributed by atoms with van der Waals surface area (Å²) in [5, 5.41) is 18.7. The smallest absolute Gasteiger partial charge is 0.423 e. The number of hydrogen-bond donors (Lipinski definition) is 2. The van der Waals surface area contributed by atoms with Crippen LogP contribution in [0.2, 0.25) is 0 Å². The summed E-state index contributed by atoms with van der Waals surface area (Å²) in [6, 6.07) is 14.0. The number of aromatic nitrogens is 2. The van der Waals surface area contributed by atoms with Crippen molar-refractivity contribution >= 4 is 23.5 Å². The zero-order valence-electron chi connectivity index (χ0n) is 11.2. The van der Waals surface area contributed by atoms with Crippen LogP contribution in [0, 0.1) is 0 Å². The van der Waals surface area contributed by atoms with Crippen LogP contribution in [0.25, 0.3) is 10.9 Å². The molecule has 0 unspecified atom stereocenters. The summed E-state index contributed by atoms with van der Waals surface area (Å²) >= 11 is 0. The second kappa shape index (κ2) is 5.51. The highest BCUT2D eigenvalue weighted by Crippen LogP contribution is 2.06. The predicted octanol–water partition coefficient (Wildman–Crippen LogP) is 0.125. The Morgan fingerprint density at radius 1 is 1.05 bits per heavy atom. The van der Waals surface area contributed by atoms with Crippen molar-refractivity contribution in [1.29, 1.82) is 0 Å². The molecule has 1 aromatic heterocycles. The fourth-order valence-electron chi connectivity index (χ4n) is 2.21. The normalized spacial score (nSPS) is 10.8. The van der Waals surface area contributed by atoms with Gasteiger partial charge in [-0.2, -0.15) is 0 Å². The second-order valence-electron chi connectivity index (χ2n) is 4.81. The van der Waals surface area contributed by atoms with Crippen LogP contribution in [0.5, 0.6) is 0 Å². The molecule has 0 bridgehead atoms. The van der Waals surface area contributed by atoms with Crippen molar-refractivity contribution in [2.24, 2.45) is 0 Å². The van der Waals surface area contributed by atoms with E-state index in [0.717, 1.165) is 5.56 Å². The molecule has 6 heteroatoms. The maximum absolute atomic E-state index is 12.4. The van der Waals surface area contributed by atoms with Gasteiger partial charge in [-0.05, 0) is 23.2 Å². The van der Waals surface area contributed by atoms with Gasteiger partial charge in [0.15, 0.2) is 0 Å². The minimum Gasteiger partial charge on any atom is -0.423 e. The van der Waals surface area contributed by atoms with Gasteiger partial charge in [0.05, 0.1) is 23.8 Å². The number of rotatable bonds is 3. The van der Waals surface area contributed by atoms with Gasteiger partial charge in [-0.1, -0.05) is 36.4 Å². The van der Waals surface area contributed by atoms with Crippen LogP contribution in [0.1, 0.15) is 5.56 Å². The van der Waals surface area contributed by atoms with Crippen LogP contribution in [0.15, 0.2) is 59.7 Å². The largest absolute Gasteiger partial charge is 0.488 e. The molecular formula is C15H13BN2O3. The molecule has 0 spiro atoms. The zero-order chi connectivity index (χ0) is 14.8. The minimum absolute atomic E-state index is 0.0909. The maximum Gasteiger partial charge on any atom is 0.488 e. The molecule has 0 saturated carbocycles. The summed E-state index contributed by atoms with van der Waals surface area (Å²) in [5.41, 5.74) is 1.89. The molecule has 0 atom stereocenters. The Labute approximate surface area is 121 Å². The number of hydrogen-bond acceptors (Lipinski definition) is 4. The van der Waals surface area contributed by atoms with E-state index in [2.05, 4.69) is 4.98 Å². The molecule has 0 saturated heterocycles. The molecule has 21 heavy (non-hydrogen) atoms. The van der Waals surface area contributed by atoms with Crippen molar-refractivity contribution in [1.82, 2.24) is 9.55 Å². The van der Waals surface area contributed by atoms with Gasteiger partial charge in [0.25, 0.3) is 5.56 Å². The minimum atomic E-state index is -1.48. The van der Waals surface area contributed by atoms with Crippen LogP contribution < -0.4 is 11.0 Å². The lowest BCUT2D eigenvalue weighted by atomic mass is 9.80. The molecule has 0 amide bonds. The molecule has 0 fully saturated rings. The van der Waals surface area contributed by atoms with Gasteiger partial charge >= 0.3 is 7.12 Å². The fraction of sp³-hybridized carbons (Fsp3) is 0.0667. The molecular weight excluding hydrogens is 267 g/mol. The first-order chi connectivity index (χ1) is 10.1. The Morgan fingerprint density at radius 3 is 2.48 bits per heavy atom. The summed E-state index contributed by atoms with van der Waals surface area (Å²) < 4.78 is 1.53. The second-order valence-corrected chi connectivity index (χ2v) is 4.81. The van der Waals surface area contributed by atoms with E-state index in [0.29, 0.717) is 22.9 Å². The standard InChI is InChI=1S/C15H13BN2O3/c19-15-13-3-1-2-4-14(13)17-10-18(15)9-11-5-7-12(8-6-11)16(20)21/h1-8,10,20-21H,9H2. The first-order valence-electron chi connectivity index (χ1n) is 6.54. The van der Waals surface area contributed by atoms with E-state index in [9.17, 15) is 4.79 Å². The summed E-state index contributed by atoms with van der Waals surface area (Å²) in [4.78, 5) is 16.6. The van der Waals surface area contributed by atoms with E-state index in [1.165, 1.54) is 10.9 Å². The predicted molar refractivity (Wildman–Crippen MR) is 81.4 cm³/mol. The number of para-hydroxylation sites is 1. The van der Waals surface area contributed by atoms with Crippen molar-refractivity contribution in [3.05, 3.63) is 70.8 Å². The lowest BCUT2D eigenvalue weighted by Gasteiger charge is -2.07. The molecule has 0 aliphatic heterocycles. The number of benzene rings is 2. The molecule has 3 aromatic rings. The van der Waals surface area contributed by atoms with Crippen LogP contribution in [-0.4, -0.2) is 26.7 Å². The van der Waals surface area contributed by atoms with E-state index in [1.54, 1.807) is 36.4 Å². The fourth-order valence-corrected chi connectivity index (χ4v) is 2.21. The summed E-state index contributed by atoms with van der Waals surface area (Å²) in [5.74, 6) is 0. The van der Waals surface area contributed by atoms with Crippen molar-refractivity contribution in [3.8, 4) is 0 Å². The van der Waals surface area contributed by atoms with Crippen LogP contribution in [0.4, 0.5) is 0 Å². The Hall–Kier alpha value is -2.44. The SMILES string of the molecule is O=c1c2ccccc2ncn1Cc1ccc(B(O)O)cc1. The molecule has 0 aliphatic carbocycles. The van der Waals surface area contributed by atoms with E-state index in [-0.39, 0.29) is 5.56 Å². The van der Waals surface area contributed by atoms with E-state index < -0.39 is 7.12 Å². The third-order valence-electron chi connectivity index (χ3n) is 3.36. The van der Waals surface area contributed by atoms with Gasteiger partial charge in [-0.25, -0.2) is 4.98 Å². The summed E-state index contributed by atoms with van der Waals surface area (Å²) in [7, 11) is -1.48. The lowest BCUT2D eigenvalue weighted by molar-refractivity contribution is 0.426. The van der Waals surface area contributed by atoms with Crippen molar-refractivity contribution in [3.63, 3.8) is 0 Å². The van der Waals surface area contributed by atoms with Gasteiger partial charge in [0.1, 0.15) is 0 Å². The Bertz CT molecular complexity index is 828. The highest BCUT2D eigenvalue weighted by Gasteiger charge is 2.10. The van der Waals surface area contributed by atoms with Crippen molar-refractivity contribution < 1.29 is 10.0 Å². The van der Waals surface area contributed by atoms with Crippen LogP contribution in [-0.2, 0) is 6.54 Å². The molecule has 2 N–H and O–H groups in total. The highest BCUT2D eigenvalue weighted by atomic mass is 16.4. The first-order valence-corrected chi connectivity index (χ1v) is 6.54. The topological polar surface area (TPSA) is 75.4 Å². The lowest BCUT2D eigenvalue weighted by Crippen LogP contribution is -2.29. The van der Waals surface area contributed by atoms with E-state index in [1.807, 2.05) is 12.1 Å². The molecule has 3 rings (SSSR count). The van der Waals surface area contributed by atoms with Gasteiger partial charge in [-0.15, -0.1) is 0 Å². The van der Waals surface area contributed by atoms with Crippen LogP contribution >= 0.6 is 0 Å². The summed E-state index contributed by atoms with van der Waals surface area (Å²) in [6.45, 7) is 0.387. The van der Waals surface area contributed by atoms with Gasteiger partial charge in [-0.3, -0.25) is 9.36 Å². The summed E-state index contributed by atoms with van der Waals surface area (Å²) in [6.07, 6.45) is 1.53. The molecule has 104 valence electrons. The van der Waals surface area contributed by atoms with Gasteiger partial charge in [0, 0.05) is 0 Å². The van der Waals surface area contributed by atoms with Gasteiger partial charge < -0.3 is 10.0 Å².